The number of nitrogens with one attached hydrogen (secondary N) is 2. The standard InChI is InChI=1S/C22H25N3O8S/c1-22(2,3)33-20(28)24-21(34)29-11-13-15-16(32-18(31-15)12-7-5-4-6-8-12)17(30-13)25-10-9-14(26)23-19(25)27/h4-10,13,15-18H,11H2,1-3H3,(H,23,26,27)(H,24,28,34)/t13-,15-,16-,17-,18?/m1/s1. The minimum Gasteiger partial charge on any atom is -0.468 e. The number of H-pyrrole nitrogens is 1. The molecule has 2 N–H and O–H groups in total. The van der Waals surface area contributed by atoms with Gasteiger partial charge < -0.3 is 23.7 Å². The Morgan fingerprint density at radius 3 is 2.50 bits per heavy atom. The monoisotopic (exact) mass is 491 g/mol. The Morgan fingerprint density at radius 2 is 1.82 bits per heavy atom. The van der Waals surface area contributed by atoms with Crippen LogP contribution in [0, 0.1) is 0 Å². The number of aromatic amines is 1. The molecule has 2 aliphatic rings. The number of aromatic nitrogens is 2. The Morgan fingerprint density at radius 1 is 1.12 bits per heavy atom. The van der Waals surface area contributed by atoms with Crippen molar-refractivity contribution in [2.75, 3.05) is 6.61 Å². The Bertz CT molecular complexity index is 1160. The molecule has 0 saturated carbocycles. The Hall–Kier alpha value is -3.06. The minimum absolute atomic E-state index is 0.0880. The fourth-order valence-corrected chi connectivity index (χ4v) is 3.82. The summed E-state index contributed by atoms with van der Waals surface area (Å²) in [6.07, 6.45) is -2.96. The molecular weight excluding hydrogens is 466 g/mol. The van der Waals surface area contributed by atoms with Gasteiger partial charge in [-0.25, -0.2) is 9.59 Å². The summed E-state index contributed by atoms with van der Waals surface area (Å²) in [5, 5.41) is 2.14. The predicted molar refractivity (Wildman–Crippen MR) is 122 cm³/mol. The summed E-state index contributed by atoms with van der Waals surface area (Å²) in [5.41, 5.74) is -1.07. The first-order chi connectivity index (χ1) is 16.1. The van der Waals surface area contributed by atoms with Gasteiger partial charge >= 0.3 is 11.8 Å². The average molecular weight is 492 g/mol. The van der Waals surface area contributed by atoms with Gasteiger partial charge in [-0.1, -0.05) is 30.3 Å². The average Bonchev–Trinajstić information content (AvgIpc) is 3.32. The van der Waals surface area contributed by atoms with E-state index in [1.165, 1.54) is 16.8 Å². The van der Waals surface area contributed by atoms with Crippen LogP contribution in [0.4, 0.5) is 4.79 Å². The van der Waals surface area contributed by atoms with Gasteiger partial charge in [0, 0.05) is 17.8 Å². The van der Waals surface area contributed by atoms with Crippen molar-refractivity contribution in [1.29, 1.82) is 0 Å². The molecule has 1 aromatic heterocycles. The van der Waals surface area contributed by atoms with Gasteiger partial charge in [-0.2, -0.15) is 0 Å². The Kier molecular flexibility index (Phi) is 6.84. The van der Waals surface area contributed by atoms with Crippen molar-refractivity contribution in [2.45, 2.75) is 57.2 Å². The number of carbonyl (C=O) groups excluding carboxylic acids is 1. The lowest BCUT2D eigenvalue weighted by molar-refractivity contribution is -0.154. The SMILES string of the molecule is CC(C)(C)OC(=O)NC(=S)OC[C@H]1O[C@@H](n2ccc(=O)[nH]c2=O)[C@@H]2OC(c3ccccc3)O[C@@H]21. The van der Waals surface area contributed by atoms with Gasteiger partial charge in [-0.15, -0.1) is 0 Å². The van der Waals surface area contributed by atoms with E-state index in [0.717, 1.165) is 5.56 Å². The van der Waals surface area contributed by atoms with Gasteiger partial charge in [-0.3, -0.25) is 19.7 Å². The van der Waals surface area contributed by atoms with E-state index in [2.05, 4.69) is 10.3 Å². The molecule has 0 radical (unpaired) electrons. The number of hydrogen-bond acceptors (Lipinski definition) is 9. The number of hydrogen-bond donors (Lipinski definition) is 2. The van der Waals surface area contributed by atoms with Crippen molar-refractivity contribution in [3.05, 3.63) is 69.0 Å². The zero-order valence-electron chi connectivity index (χ0n) is 18.8. The molecule has 2 fully saturated rings. The molecule has 12 heteroatoms. The fourth-order valence-electron chi connectivity index (χ4n) is 3.67. The van der Waals surface area contributed by atoms with E-state index < -0.39 is 53.8 Å². The summed E-state index contributed by atoms with van der Waals surface area (Å²) in [4.78, 5) is 38.0. The normalized spacial score (nSPS) is 26.0. The number of amides is 1. The molecule has 5 atom stereocenters. The topological polar surface area (TPSA) is 130 Å². The van der Waals surface area contributed by atoms with Crippen LogP contribution in [0.1, 0.15) is 38.9 Å². The van der Waals surface area contributed by atoms with Gasteiger partial charge in [0.25, 0.3) is 10.7 Å². The third-order valence-corrected chi connectivity index (χ3v) is 5.25. The third-order valence-electron chi connectivity index (χ3n) is 5.03. The summed E-state index contributed by atoms with van der Waals surface area (Å²) in [5.74, 6) is 0. The molecule has 2 aliphatic heterocycles. The van der Waals surface area contributed by atoms with Crippen LogP contribution in [0.2, 0.25) is 0 Å². The first kappa shape index (κ1) is 24.1. The van der Waals surface area contributed by atoms with Crippen LogP contribution >= 0.6 is 12.2 Å². The van der Waals surface area contributed by atoms with Crippen molar-refractivity contribution in [2.24, 2.45) is 0 Å². The first-order valence-electron chi connectivity index (χ1n) is 10.6. The highest BCUT2D eigenvalue weighted by Gasteiger charge is 2.54. The van der Waals surface area contributed by atoms with E-state index in [1.807, 2.05) is 30.3 Å². The van der Waals surface area contributed by atoms with Gasteiger partial charge in [0.15, 0.2) is 12.5 Å². The van der Waals surface area contributed by atoms with Gasteiger partial charge in [-0.05, 0) is 33.0 Å². The van der Waals surface area contributed by atoms with Crippen molar-refractivity contribution in [3.8, 4) is 0 Å². The summed E-state index contributed by atoms with van der Waals surface area (Å²) in [6, 6.07) is 10.5. The minimum atomic E-state index is -0.885. The van der Waals surface area contributed by atoms with E-state index in [-0.39, 0.29) is 11.8 Å². The summed E-state index contributed by atoms with van der Waals surface area (Å²) in [6.45, 7) is 5.09. The first-order valence-corrected chi connectivity index (χ1v) is 11.0. The number of rotatable bonds is 4. The number of alkyl carbamates (subject to hydrolysis) is 1. The Labute approximate surface area is 199 Å². The number of ether oxygens (including phenoxy) is 5. The van der Waals surface area contributed by atoms with Crippen LogP contribution in [0.15, 0.2) is 52.2 Å². The molecule has 1 aromatic carbocycles. The highest BCUT2D eigenvalue weighted by Crippen LogP contribution is 2.43. The summed E-state index contributed by atoms with van der Waals surface area (Å²) >= 11 is 5.08. The maximum Gasteiger partial charge on any atom is 0.415 e. The molecule has 1 unspecified atom stereocenters. The summed E-state index contributed by atoms with van der Waals surface area (Å²) < 4.78 is 30.1. The van der Waals surface area contributed by atoms with E-state index in [1.54, 1.807) is 20.8 Å². The smallest absolute Gasteiger partial charge is 0.415 e. The van der Waals surface area contributed by atoms with Gasteiger partial charge in [0.05, 0.1) is 0 Å². The van der Waals surface area contributed by atoms with E-state index >= 15 is 0 Å². The van der Waals surface area contributed by atoms with Crippen LogP contribution in [0.5, 0.6) is 0 Å². The van der Waals surface area contributed by atoms with Crippen molar-refractivity contribution >= 4 is 23.5 Å². The molecule has 2 saturated heterocycles. The second kappa shape index (κ2) is 9.66. The van der Waals surface area contributed by atoms with Gasteiger partial charge in [0.1, 0.15) is 30.5 Å². The second-order valence-electron chi connectivity index (χ2n) is 8.75. The third kappa shape index (κ3) is 5.53. The second-order valence-corrected chi connectivity index (χ2v) is 9.12. The van der Waals surface area contributed by atoms with E-state index in [0.29, 0.717) is 0 Å². The molecule has 1 amide bonds. The van der Waals surface area contributed by atoms with E-state index in [9.17, 15) is 14.4 Å². The largest absolute Gasteiger partial charge is 0.468 e. The van der Waals surface area contributed by atoms with E-state index in [4.69, 9.17) is 35.9 Å². The zero-order valence-corrected chi connectivity index (χ0v) is 19.6. The Balaban J connectivity index is 1.48. The van der Waals surface area contributed by atoms with Crippen LogP contribution < -0.4 is 16.6 Å². The lowest BCUT2D eigenvalue weighted by Crippen LogP contribution is -2.39. The fraction of sp³-hybridized carbons (Fsp3) is 0.455. The molecule has 4 rings (SSSR count). The quantitative estimate of drug-likeness (QED) is 0.614. The van der Waals surface area contributed by atoms with Crippen molar-refractivity contribution in [3.63, 3.8) is 0 Å². The number of fused-ring (bicyclic) bond motifs is 1. The van der Waals surface area contributed by atoms with Crippen LogP contribution in [0.3, 0.4) is 0 Å². The lowest BCUT2D eigenvalue weighted by Gasteiger charge is -2.22. The number of thiocarbonyl (C=S) groups is 1. The molecular formula is C22H25N3O8S. The van der Waals surface area contributed by atoms with Crippen LogP contribution in [-0.4, -0.2) is 51.3 Å². The highest BCUT2D eigenvalue weighted by atomic mass is 32.1. The number of nitrogens with zero attached hydrogens (tertiary/aromatic N) is 1. The molecule has 2 aromatic rings. The molecule has 34 heavy (non-hydrogen) atoms. The molecule has 0 spiro atoms. The van der Waals surface area contributed by atoms with Crippen molar-refractivity contribution < 1.29 is 28.5 Å². The van der Waals surface area contributed by atoms with Crippen LogP contribution in [0.25, 0.3) is 0 Å². The molecule has 0 bridgehead atoms. The summed E-state index contributed by atoms with van der Waals surface area (Å²) in [7, 11) is 0. The molecule has 182 valence electrons. The maximum absolute atomic E-state index is 12.4. The highest BCUT2D eigenvalue weighted by molar-refractivity contribution is 7.80. The zero-order chi connectivity index (χ0) is 24.5. The molecule has 11 nitrogen and oxygen atoms in total. The number of carbonyl (C=O) groups is 1. The molecule has 3 heterocycles. The van der Waals surface area contributed by atoms with Crippen molar-refractivity contribution in [1.82, 2.24) is 14.9 Å². The molecule has 0 aliphatic carbocycles. The number of benzene rings is 1. The lowest BCUT2D eigenvalue weighted by atomic mass is 10.1. The van der Waals surface area contributed by atoms with Crippen LogP contribution in [-0.2, 0) is 23.7 Å². The van der Waals surface area contributed by atoms with Gasteiger partial charge in [0.2, 0.25) is 0 Å². The predicted octanol–water partition coefficient (Wildman–Crippen LogP) is 1.74. The maximum atomic E-state index is 12.4.